The van der Waals surface area contributed by atoms with Crippen molar-refractivity contribution >= 4 is 17.3 Å². The van der Waals surface area contributed by atoms with Crippen LogP contribution in [0.4, 0.5) is 11.4 Å². The van der Waals surface area contributed by atoms with E-state index in [1.165, 1.54) is 16.8 Å². The Morgan fingerprint density at radius 2 is 1.81 bits per heavy atom. The van der Waals surface area contributed by atoms with Crippen molar-refractivity contribution in [3.8, 4) is 0 Å². The number of anilines is 2. The van der Waals surface area contributed by atoms with Crippen LogP contribution in [0, 0.1) is 6.92 Å². The Kier molecular flexibility index (Phi) is 5.53. The maximum atomic E-state index is 13.3. The predicted molar refractivity (Wildman–Crippen MR) is 126 cm³/mol. The summed E-state index contributed by atoms with van der Waals surface area (Å²) in [5.74, 6) is -0.381. The van der Waals surface area contributed by atoms with Gasteiger partial charge in [-0.15, -0.1) is 0 Å². The van der Waals surface area contributed by atoms with Gasteiger partial charge < -0.3 is 19.5 Å². The van der Waals surface area contributed by atoms with Gasteiger partial charge in [-0.25, -0.2) is 0 Å². The van der Waals surface area contributed by atoms with Crippen LogP contribution in [0.25, 0.3) is 0 Å². The quantitative estimate of drug-likeness (QED) is 0.686. The molecule has 0 saturated carbocycles. The minimum atomic E-state index is -0.381. The fourth-order valence-corrected chi connectivity index (χ4v) is 4.77. The van der Waals surface area contributed by atoms with Crippen molar-refractivity contribution < 1.29 is 9.53 Å². The molecule has 6 nitrogen and oxygen atoms in total. The van der Waals surface area contributed by atoms with Crippen LogP contribution < -0.4 is 15.8 Å². The molecule has 1 N–H and O–H groups in total. The van der Waals surface area contributed by atoms with Crippen LogP contribution in [-0.2, 0) is 11.2 Å². The molecule has 2 aromatic carbocycles. The molecule has 0 spiro atoms. The third-order valence-electron chi connectivity index (χ3n) is 6.43. The number of benzene rings is 2. The molecule has 2 aliphatic rings. The number of carbonyl (C=O) groups is 1. The predicted octanol–water partition coefficient (Wildman–Crippen LogP) is 3.78. The van der Waals surface area contributed by atoms with E-state index in [9.17, 15) is 9.59 Å². The van der Waals surface area contributed by atoms with Crippen molar-refractivity contribution in [2.45, 2.75) is 25.8 Å². The number of hydrogen-bond donors (Lipinski definition) is 1. The van der Waals surface area contributed by atoms with E-state index in [-0.39, 0.29) is 23.1 Å². The molecule has 1 amide bonds. The fraction of sp³-hybridized carbons (Fsp3) is 0.308. The third kappa shape index (κ3) is 3.82. The van der Waals surface area contributed by atoms with Crippen molar-refractivity contribution in [3.05, 3.63) is 93.4 Å². The maximum absolute atomic E-state index is 13.3. The summed E-state index contributed by atoms with van der Waals surface area (Å²) in [6.45, 7) is 5.24. The van der Waals surface area contributed by atoms with Crippen LogP contribution in [0.15, 0.2) is 65.6 Å². The standard InChI is InChI=1S/C26H27N3O3/c1-18-7-9-19(10-8-18)27-25(30)22-5-3-13-29(26(22)31)24-12-11-21-20(24)4-2-6-23(21)28-14-16-32-17-15-28/h2-10,13,24H,11-12,14-17H2,1H3,(H,27,30). The number of hydrogen-bond acceptors (Lipinski definition) is 4. The van der Waals surface area contributed by atoms with E-state index in [1.807, 2.05) is 31.2 Å². The molecule has 5 rings (SSSR count). The molecule has 32 heavy (non-hydrogen) atoms. The summed E-state index contributed by atoms with van der Waals surface area (Å²) in [5.41, 5.74) is 5.42. The molecule has 1 aliphatic heterocycles. The normalized spacial score (nSPS) is 17.8. The van der Waals surface area contributed by atoms with Gasteiger partial charge in [0.05, 0.1) is 19.3 Å². The van der Waals surface area contributed by atoms with Gasteiger partial charge in [-0.3, -0.25) is 9.59 Å². The zero-order valence-corrected chi connectivity index (χ0v) is 18.2. The van der Waals surface area contributed by atoms with Gasteiger partial charge in [0, 0.05) is 30.7 Å². The van der Waals surface area contributed by atoms with Crippen molar-refractivity contribution in [2.75, 3.05) is 36.5 Å². The van der Waals surface area contributed by atoms with Crippen molar-refractivity contribution in [1.82, 2.24) is 4.57 Å². The lowest BCUT2D eigenvalue weighted by atomic mass is 10.0. The highest BCUT2D eigenvalue weighted by molar-refractivity contribution is 6.04. The van der Waals surface area contributed by atoms with E-state index in [2.05, 4.69) is 28.4 Å². The molecule has 2 heterocycles. The van der Waals surface area contributed by atoms with Crippen LogP contribution in [-0.4, -0.2) is 36.8 Å². The van der Waals surface area contributed by atoms with Gasteiger partial charge in [-0.1, -0.05) is 29.8 Å². The number of fused-ring (bicyclic) bond motifs is 1. The molecule has 164 valence electrons. The molecule has 1 atom stereocenters. The molecule has 1 fully saturated rings. The summed E-state index contributed by atoms with van der Waals surface area (Å²) in [4.78, 5) is 28.5. The highest BCUT2D eigenvalue weighted by Gasteiger charge is 2.29. The second-order valence-electron chi connectivity index (χ2n) is 8.45. The van der Waals surface area contributed by atoms with Gasteiger partial charge in [-0.2, -0.15) is 0 Å². The topological polar surface area (TPSA) is 63.6 Å². The number of rotatable bonds is 4. The summed E-state index contributed by atoms with van der Waals surface area (Å²) in [5, 5.41) is 2.84. The smallest absolute Gasteiger partial charge is 0.263 e. The van der Waals surface area contributed by atoms with E-state index in [1.54, 1.807) is 22.9 Å². The molecule has 1 aromatic heterocycles. The van der Waals surface area contributed by atoms with E-state index in [0.717, 1.165) is 44.7 Å². The Bertz CT molecular complexity index is 1190. The largest absolute Gasteiger partial charge is 0.378 e. The minimum Gasteiger partial charge on any atom is -0.378 e. The number of carbonyl (C=O) groups excluding carboxylic acids is 1. The lowest BCUT2D eigenvalue weighted by molar-refractivity contribution is 0.102. The highest BCUT2D eigenvalue weighted by atomic mass is 16.5. The Morgan fingerprint density at radius 1 is 1.03 bits per heavy atom. The maximum Gasteiger partial charge on any atom is 0.263 e. The number of ether oxygens (including phenoxy) is 1. The third-order valence-corrected chi connectivity index (χ3v) is 6.43. The number of morpholine rings is 1. The fourth-order valence-electron chi connectivity index (χ4n) is 4.77. The summed E-state index contributed by atoms with van der Waals surface area (Å²) < 4.78 is 7.23. The molecular weight excluding hydrogens is 402 g/mol. The molecule has 1 unspecified atom stereocenters. The Morgan fingerprint density at radius 3 is 2.59 bits per heavy atom. The molecule has 1 aliphatic carbocycles. The van der Waals surface area contributed by atoms with E-state index >= 15 is 0 Å². The lowest BCUT2D eigenvalue weighted by Crippen LogP contribution is -2.36. The van der Waals surface area contributed by atoms with Crippen molar-refractivity contribution in [3.63, 3.8) is 0 Å². The molecular formula is C26H27N3O3. The average Bonchev–Trinajstić information content (AvgIpc) is 3.25. The number of amides is 1. The van der Waals surface area contributed by atoms with E-state index in [0.29, 0.717) is 5.69 Å². The SMILES string of the molecule is Cc1ccc(NC(=O)c2cccn(C3CCc4c3cccc4N3CCOCC3)c2=O)cc1. The van der Waals surface area contributed by atoms with E-state index in [4.69, 9.17) is 4.74 Å². The summed E-state index contributed by atoms with van der Waals surface area (Å²) in [6.07, 6.45) is 3.56. The molecule has 1 saturated heterocycles. The van der Waals surface area contributed by atoms with Gasteiger partial charge in [0.25, 0.3) is 11.5 Å². The minimum absolute atomic E-state index is 0.0642. The average molecular weight is 430 g/mol. The monoisotopic (exact) mass is 429 g/mol. The molecule has 0 bridgehead atoms. The number of nitrogens with one attached hydrogen (secondary N) is 1. The molecule has 0 radical (unpaired) electrons. The zero-order valence-electron chi connectivity index (χ0n) is 18.2. The van der Waals surface area contributed by atoms with E-state index < -0.39 is 0 Å². The molecule has 3 aromatic rings. The summed E-state index contributed by atoms with van der Waals surface area (Å²) >= 11 is 0. The first-order chi connectivity index (χ1) is 15.6. The lowest BCUT2D eigenvalue weighted by Gasteiger charge is -2.30. The Hall–Kier alpha value is -3.38. The van der Waals surface area contributed by atoms with Gasteiger partial charge in [0.15, 0.2) is 0 Å². The number of nitrogens with zero attached hydrogens (tertiary/aromatic N) is 2. The first kappa shape index (κ1) is 20.5. The van der Waals surface area contributed by atoms with Crippen molar-refractivity contribution in [2.24, 2.45) is 0 Å². The summed E-state index contributed by atoms with van der Waals surface area (Å²) in [6, 6.07) is 17.2. The van der Waals surface area contributed by atoms with Crippen LogP contribution in [0.2, 0.25) is 0 Å². The number of aryl methyl sites for hydroxylation is 1. The Balaban J connectivity index is 1.44. The van der Waals surface area contributed by atoms with Crippen LogP contribution in [0.1, 0.15) is 39.5 Å². The zero-order chi connectivity index (χ0) is 22.1. The van der Waals surface area contributed by atoms with Gasteiger partial charge in [0.2, 0.25) is 0 Å². The number of pyridine rings is 1. The van der Waals surface area contributed by atoms with Crippen LogP contribution in [0.5, 0.6) is 0 Å². The van der Waals surface area contributed by atoms with Gasteiger partial charge in [-0.05, 0) is 61.2 Å². The first-order valence-corrected chi connectivity index (χ1v) is 11.2. The highest BCUT2D eigenvalue weighted by Crippen LogP contribution is 2.39. The second kappa shape index (κ2) is 8.63. The summed E-state index contributed by atoms with van der Waals surface area (Å²) in [7, 11) is 0. The van der Waals surface area contributed by atoms with Crippen molar-refractivity contribution in [1.29, 1.82) is 0 Å². The first-order valence-electron chi connectivity index (χ1n) is 11.2. The second-order valence-corrected chi connectivity index (χ2v) is 8.45. The number of aromatic nitrogens is 1. The van der Waals surface area contributed by atoms with Gasteiger partial charge in [0.1, 0.15) is 5.56 Å². The van der Waals surface area contributed by atoms with Crippen LogP contribution >= 0.6 is 0 Å². The Labute approximate surface area is 187 Å². The van der Waals surface area contributed by atoms with Gasteiger partial charge >= 0.3 is 0 Å². The molecule has 6 heteroatoms. The van der Waals surface area contributed by atoms with Crippen LogP contribution in [0.3, 0.4) is 0 Å².